The van der Waals surface area contributed by atoms with Crippen LogP contribution in [-0.2, 0) is 13.1 Å². The molecule has 0 unspecified atom stereocenters. The van der Waals surface area contributed by atoms with Gasteiger partial charge in [-0.2, -0.15) is 5.10 Å². The van der Waals surface area contributed by atoms with Gasteiger partial charge in [0.15, 0.2) is 5.96 Å². The van der Waals surface area contributed by atoms with Crippen molar-refractivity contribution in [2.24, 2.45) is 4.99 Å². The molecule has 0 aliphatic carbocycles. The van der Waals surface area contributed by atoms with E-state index in [1.165, 1.54) is 11.8 Å². The van der Waals surface area contributed by atoms with Gasteiger partial charge in [0.25, 0.3) is 0 Å². The SMILES string of the molecule is CCNC(=NCc1ccc(Br)cc1F)NCCCn1nc(C)cc1C.I. The van der Waals surface area contributed by atoms with E-state index in [0.717, 1.165) is 36.2 Å². The van der Waals surface area contributed by atoms with E-state index < -0.39 is 0 Å². The number of guanidine groups is 1. The van der Waals surface area contributed by atoms with Gasteiger partial charge < -0.3 is 10.6 Å². The second kappa shape index (κ2) is 11.5. The number of aliphatic imine (C=N–C) groups is 1. The molecule has 0 atom stereocenters. The van der Waals surface area contributed by atoms with Crippen LogP contribution in [0.25, 0.3) is 0 Å². The van der Waals surface area contributed by atoms with E-state index in [2.05, 4.69) is 49.6 Å². The summed E-state index contributed by atoms with van der Waals surface area (Å²) in [6, 6.07) is 7.10. The van der Waals surface area contributed by atoms with Crippen LogP contribution in [0.1, 0.15) is 30.3 Å². The summed E-state index contributed by atoms with van der Waals surface area (Å²) in [5.41, 5.74) is 2.78. The normalized spacial score (nSPS) is 11.2. The summed E-state index contributed by atoms with van der Waals surface area (Å²) in [6.45, 7) is 8.75. The van der Waals surface area contributed by atoms with Gasteiger partial charge in [-0.05, 0) is 45.4 Å². The Hall–Kier alpha value is -1.16. The molecular formula is C18H26BrFIN5. The van der Waals surface area contributed by atoms with Crippen molar-refractivity contribution < 1.29 is 4.39 Å². The number of hydrogen-bond acceptors (Lipinski definition) is 2. The Bertz CT molecular complexity index is 732. The van der Waals surface area contributed by atoms with E-state index in [9.17, 15) is 4.39 Å². The Morgan fingerprint density at radius 1 is 1.27 bits per heavy atom. The lowest BCUT2D eigenvalue weighted by molar-refractivity contribution is 0.555. The fourth-order valence-electron chi connectivity index (χ4n) is 2.49. The third-order valence-corrected chi connectivity index (χ3v) is 4.20. The molecular weight excluding hydrogens is 512 g/mol. The highest BCUT2D eigenvalue weighted by molar-refractivity contribution is 14.0. The largest absolute Gasteiger partial charge is 0.357 e. The second-order valence-corrected chi connectivity index (χ2v) is 6.78. The van der Waals surface area contributed by atoms with Crippen molar-refractivity contribution in [3.63, 3.8) is 0 Å². The molecule has 1 aromatic carbocycles. The molecule has 2 aromatic rings. The van der Waals surface area contributed by atoms with Crippen LogP contribution in [0.2, 0.25) is 0 Å². The predicted molar refractivity (Wildman–Crippen MR) is 119 cm³/mol. The van der Waals surface area contributed by atoms with E-state index in [0.29, 0.717) is 18.1 Å². The number of aryl methyl sites for hydroxylation is 3. The molecule has 0 saturated carbocycles. The monoisotopic (exact) mass is 537 g/mol. The first-order chi connectivity index (χ1) is 12.0. The van der Waals surface area contributed by atoms with Gasteiger partial charge in [0.05, 0.1) is 12.2 Å². The Kier molecular flexibility index (Phi) is 10.1. The van der Waals surface area contributed by atoms with Crippen molar-refractivity contribution >= 4 is 45.9 Å². The smallest absolute Gasteiger partial charge is 0.191 e. The zero-order chi connectivity index (χ0) is 18.2. The maximum Gasteiger partial charge on any atom is 0.191 e. The summed E-state index contributed by atoms with van der Waals surface area (Å²) in [5, 5.41) is 10.9. The lowest BCUT2D eigenvalue weighted by atomic mass is 10.2. The minimum absolute atomic E-state index is 0. The summed E-state index contributed by atoms with van der Waals surface area (Å²) in [5.74, 6) is 0.441. The van der Waals surface area contributed by atoms with Crippen LogP contribution < -0.4 is 10.6 Å². The maximum absolute atomic E-state index is 13.9. The fourth-order valence-corrected chi connectivity index (χ4v) is 2.83. The van der Waals surface area contributed by atoms with Gasteiger partial charge in [-0.15, -0.1) is 24.0 Å². The van der Waals surface area contributed by atoms with Crippen molar-refractivity contribution in [2.75, 3.05) is 13.1 Å². The Balaban J connectivity index is 0.00000338. The highest BCUT2D eigenvalue weighted by Gasteiger charge is 2.04. The van der Waals surface area contributed by atoms with Crippen LogP contribution >= 0.6 is 39.9 Å². The van der Waals surface area contributed by atoms with Crippen molar-refractivity contribution in [1.82, 2.24) is 20.4 Å². The highest BCUT2D eigenvalue weighted by atomic mass is 127. The third-order valence-electron chi connectivity index (χ3n) is 3.71. The van der Waals surface area contributed by atoms with Crippen LogP contribution in [0.5, 0.6) is 0 Å². The van der Waals surface area contributed by atoms with Crippen molar-refractivity contribution in [1.29, 1.82) is 0 Å². The lowest BCUT2D eigenvalue weighted by Gasteiger charge is -2.12. The minimum Gasteiger partial charge on any atom is -0.357 e. The zero-order valence-electron chi connectivity index (χ0n) is 15.4. The summed E-state index contributed by atoms with van der Waals surface area (Å²) < 4.78 is 16.6. The Morgan fingerprint density at radius 3 is 2.65 bits per heavy atom. The number of benzene rings is 1. The molecule has 8 heteroatoms. The fraction of sp³-hybridized carbons (Fsp3) is 0.444. The number of aromatic nitrogens is 2. The molecule has 0 aliphatic rings. The van der Waals surface area contributed by atoms with E-state index in [1.54, 1.807) is 6.07 Å². The maximum atomic E-state index is 13.9. The van der Waals surface area contributed by atoms with Crippen LogP contribution in [-0.4, -0.2) is 28.8 Å². The minimum atomic E-state index is -0.251. The van der Waals surface area contributed by atoms with Crippen molar-refractivity contribution in [3.8, 4) is 0 Å². The molecule has 0 saturated heterocycles. The molecule has 0 amide bonds. The number of rotatable bonds is 7. The van der Waals surface area contributed by atoms with Crippen LogP contribution in [0.4, 0.5) is 4.39 Å². The molecule has 0 aliphatic heterocycles. The highest BCUT2D eigenvalue weighted by Crippen LogP contribution is 2.15. The second-order valence-electron chi connectivity index (χ2n) is 5.86. The Labute approximate surface area is 180 Å². The first-order valence-electron chi connectivity index (χ1n) is 8.46. The van der Waals surface area contributed by atoms with E-state index >= 15 is 0 Å². The quantitative estimate of drug-likeness (QED) is 0.241. The third kappa shape index (κ3) is 7.22. The molecule has 0 bridgehead atoms. The van der Waals surface area contributed by atoms with Gasteiger partial charge in [0, 0.05) is 35.4 Å². The predicted octanol–water partition coefficient (Wildman–Crippen LogP) is 4.16. The average molecular weight is 538 g/mol. The molecule has 2 N–H and O–H groups in total. The summed E-state index contributed by atoms with van der Waals surface area (Å²) >= 11 is 3.26. The molecule has 0 spiro atoms. The summed E-state index contributed by atoms with van der Waals surface area (Å²) in [6.07, 6.45) is 0.930. The molecule has 2 rings (SSSR count). The van der Waals surface area contributed by atoms with E-state index in [4.69, 9.17) is 0 Å². The molecule has 0 radical (unpaired) electrons. The molecule has 26 heavy (non-hydrogen) atoms. The topological polar surface area (TPSA) is 54.2 Å². The zero-order valence-corrected chi connectivity index (χ0v) is 19.3. The van der Waals surface area contributed by atoms with Gasteiger partial charge in [0.2, 0.25) is 0 Å². The number of hydrogen-bond donors (Lipinski definition) is 2. The first kappa shape index (κ1) is 22.9. The van der Waals surface area contributed by atoms with Gasteiger partial charge in [-0.3, -0.25) is 4.68 Å². The molecule has 144 valence electrons. The van der Waals surface area contributed by atoms with Crippen molar-refractivity contribution in [3.05, 3.63) is 51.5 Å². The number of halogens is 3. The van der Waals surface area contributed by atoms with Crippen LogP contribution in [0.3, 0.4) is 0 Å². The number of nitrogens with one attached hydrogen (secondary N) is 2. The summed E-state index contributed by atoms with van der Waals surface area (Å²) in [4.78, 5) is 4.46. The average Bonchev–Trinajstić information content (AvgIpc) is 2.88. The van der Waals surface area contributed by atoms with E-state index in [1.807, 2.05) is 24.6 Å². The van der Waals surface area contributed by atoms with Crippen LogP contribution in [0.15, 0.2) is 33.7 Å². The van der Waals surface area contributed by atoms with Gasteiger partial charge >= 0.3 is 0 Å². The molecule has 5 nitrogen and oxygen atoms in total. The van der Waals surface area contributed by atoms with Crippen molar-refractivity contribution in [2.45, 2.75) is 40.3 Å². The molecule has 1 heterocycles. The van der Waals surface area contributed by atoms with Gasteiger partial charge in [-0.25, -0.2) is 9.38 Å². The van der Waals surface area contributed by atoms with Gasteiger partial charge in [0.1, 0.15) is 5.82 Å². The Morgan fingerprint density at radius 2 is 2.04 bits per heavy atom. The molecule has 0 fully saturated rings. The lowest BCUT2D eigenvalue weighted by Crippen LogP contribution is -2.38. The van der Waals surface area contributed by atoms with Crippen LogP contribution in [0, 0.1) is 19.7 Å². The molecule has 1 aromatic heterocycles. The van der Waals surface area contributed by atoms with Gasteiger partial charge in [-0.1, -0.05) is 22.0 Å². The first-order valence-corrected chi connectivity index (χ1v) is 9.26. The number of nitrogens with zero attached hydrogens (tertiary/aromatic N) is 3. The summed E-state index contributed by atoms with van der Waals surface area (Å²) in [7, 11) is 0. The van der Waals surface area contributed by atoms with E-state index in [-0.39, 0.29) is 29.8 Å². The standard InChI is InChI=1S/C18H25BrFN5.HI/c1-4-21-18(23-12-15-6-7-16(19)11-17(15)20)22-8-5-9-25-14(3)10-13(2)24-25;/h6-7,10-11H,4-5,8-9,12H2,1-3H3,(H2,21,22,23);1H.